The predicted octanol–water partition coefficient (Wildman–Crippen LogP) is 1.24. The highest BCUT2D eigenvalue weighted by Gasteiger charge is 2.37. The van der Waals surface area contributed by atoms with E-state index in [-0.39, 0.29) is 29.6 Å². The number of nitrogens with zero attached hydrogens (tertiary/aromatic N) is 4. The molecule has 1 amide bonds. The van der Waals surface area contributed by atoms with Gasteiger partial charge in [0.2, 0.25) is 5.91 Å². The quantitative estimate of drug-likeness (QED) is 0.722. The number of hydrogen-bond acceptors (Lipinski definition) is 6. The van der Waals surface area contributed by atoms with Gasteiger partial charge in [0.25, 0.3) is 0 Å². The number of carbonyl (C=O) groups is 2. The summed E-state index contributed by atoms with van der Waals surface area (Å²) < 4.78 is 0. The minimum atomic E-state index is -0.974. The first-order valence-electron chi connectivity index (χ1n) is 9.73. The zero-order valence-electron chi connectivity index (χ0n) is 16.5. The minimum absolute atomic E-state index is 0.139. The molecule has 152 valence electrons. The topological polar surface area (TPSA) is 110 Å². The highest BCUT2D eigenvalue weighted by Crippen LogP contribution is 2.27. The fourth-order valence-electron chi connectivity index (χ4n) is 3.96. The maximum Gasteiger partial charge on any atom is 0.335 e. The molecule has 2 atom stereocenters. The van der Waals surface area contributed by atoms with E-state index in [9.17, 15) is 14.9 Å². The monoisotopic (exact) mass is 395 g/mol. The number of carboxylic acid groups (broad SMARTS) is 1. The van der Waals surface area contributed by atoms with E-state index in [0.29, 0.717) is 31.7 Å². The first-order valence-corrected chi connectivity index (χ1v) is 9.73. The van der Waals surface area contributed by atoms with Crippen molar-refractivity contribution in [3.8, 4) is 18.4 Å². The van der Waals surface area contributed by atoms with Gasteiger partial charge in [0.1, 0.15) is 11.9 Å². The third-order valence-corrected chi connectivity index (χ3v) is 5.86. The molecule has 29 heavy (non-hydrogen) atoms. The highest BCUT2D eigenvalue weighted by atomic mass is 16.4. The lowest BCUT2D eigenvalue weighted by atomic mass is 9.89. The fourth-order valence-corrected chi connectivity index (χ4v) is 3.96. The molecule has 0 spiro atoms. The maximum atomic E-state index is 12.7. The number of hydrogen-bond donors (Lipinski definition) is 2. The molecule has 2 aliphatic heterocycles. The summed E-state index contributed by atoms with van der Waals surface area (Å²) in [7, 11) is 0. The van der Waals surface area contributed by atoms with Crippen molar-refractivity contribution < 1.29 is 14.7 Å². The number of carbonyl (C=O) groups excluding carboxylic acids is 1. The molecule has 1 aromatic heterocycles. The number of amides is 1. The van der Waals surface area contributed by atoms with Crippen molar-refractivity contribution in [1.29, 1.82) is 5.26 Å². The molecule has 2 saturated heterocycles. The second-order valence-corrected chi connectivity index (χ2v) is 7.81. The lowest BCUT2D eigenvalue weighted by Gasteiger charge is -2.41. The van der Waals surface area contributed by atoms with Gasteiger partial charge in [-0.15, -0.1) is 6.42 Å². The van der Waals surface area contributed by atoms with Crippen molar-refractivity contribution in [2.45, 2.75) is 50.2 Å². The van der Waals surface area contributed by atoms with Gasteiger partial charge in [-0.2, -0.15) is 5.26 Å². The van der Waals surface area contributed by atoms with Gasteiger partial charge in [-0.25, -0.2) is 9.78 Å². The number of nitriles is 1. The number of piperidine rings is 1. The van der Waals surface area contributed by atoms with Crippen LogP contribution < -0.4 is 10.2 Å². The summed E-state index contributed by atoms with van der Waals surface area (Å²) in [6.07, 6.45) is 9.86. The first kappa shape index (κ1) is 20.6. The Balaban J connectivity index is 1.56. The standard InChI is InChI=1S/C21H25N5O3/c1-3-16-4-5-17(13-22)26(16)19(27)14-24-21(2)7-10-25(11-8-21)18-12-15(20(28)29)6-9-23-18/h1,6,9,12,16-17,24H,4-5,7-8,10-11,14H2,2H3,(H,28,29)/t16?,17-/m1/s1. The van der Waals surface area contributed by atoms with Crippen LogP contribution in [0.4, 0.5) is 5.82 Å². The normalized spacial score (nSPS) is 23.3. The van der Waals surface area contributed by atoms with E-state index in [2.05, 4.69) is 34.1 Å². The molecular weight excluding hydrogens is 370 g/mol. The minimum Gasteiger partial charge on any atom is -0.478 e. The zero-order chi connectivity index (χ0) is 21.0. The summed E-state index contributed by atoms with van der Waals surface area (Å²) in [4.78, 5) is 31.7. The van der Waals surface area contributed by atoms with Crippen molar-refractivity contribution >= 4 is 17.7 Å². The molecule has 8 heteroatoms. The summed E-state index contributed by atoms with van der Waals surface area (Å²) in [6.45, 7) is 3.61. The molecule has 0 aromatic carbocycles. The number of terminal acetylenes is 1. The Hall–Kier alpha value is -3.10. The van der Waals surface area contributed by atoms with Crippen molar-refractivity contribution in [2.75, 3.05) is 24.5 Å². The largest absolute Gasteiger partial charge is 0.478 e. The summed E-state index contributed by atoms with van der Waals surface area (Å²) in [6, 6.07) is 4.47. The molecule has 0 aliphatic carbocycles. The molecule has 3 heterocycles. The smallest absolute Gasteiger partial charge is 0.335 e. The second-order valence-electron chi connectivity index (χ2n) is 7.81. The van der Waals surface area contributed by atoms with E-state index in [1.54, 1.807) is 6.07 Å². The van der Waals surface area contributed by atoms with Crippen LogP contribution in [0.2, 0.25) is 0 Å². The highest BCUT2D eigenvalue weighted by molar-refractivity contribution is 5.88. The third kappa shape index (κ3) is 4.49. The van der Waals surface area contributed by atoms with Crippen molar-refractivity contribution in [1.82, 2.24) is 15.2 Å². The lowest BCUT2D eigenvalue weighted by Crippen LogP contribution is -2.55. The van der Waals surface area contributed by atoms with E-state index >= 15 is 0 Å². The maximum absolute atomic E-state index is 12.7. The van der Waals surface area contributed by atoms with Crippen LogP contribution in [0.25, 0.3) is 0 Å². The molecule has 1 aromatic rings. The molecule has 2 N–H and O–H groups in total. The van der Waals surface area contributed by atoms with Crippen LogP contribution in [0.3, 0.4) is 0 Å². The SMILES string of the molecule is C#CC1CC[C@H](C#N)N1C(=O)CNC1(C)CCN(c2cc(C(=O)O)ccn2)CC1. The Morgan fingerprint density at radius 3 is 2.69 bits per heavy atom. The summed E-state index contributed by atoms with van der Waals surface area (Å²) >= 11 is 0. The Labute approximate surface area is 170 Å². The second kappa shape index (κ2) is 8.50. The lowest BCUT2D eigenvalue weighted by molar-refractivity contribution is -0.131. The number of likely N-dealkylation sites (tertiary alicyclic amines) is 1. The van der Waals surface area contributed by atoms with Crippen LogP contribution in [-0.4, -0.2) is 64.1 Å². The van der Waals surface area contributed by atoms with Crippen molar-refractivity contribution in [3.05, 3.63) is 23.9 Å². The van der Waals surface area contributed by atoms with Gasteiger partial charge in [-0.05, 0) is 44.7 Å². The van der Waals surface area contributed by atoms with Crippen LogP contribution >= 0.6 is 0 Å². The number of rotatable bonds is 5. The number of pyridine rings is 1. The van der Waals surface area contributed by atoms with Gasteiger partial charge >= 0.3 is 5.97 Å². The molecule has 3 rings (SSSR count). The number of anilines is 1. The number of aromatic nitrogens is 1. The van der Waals surface area contributed by atoms with Crippen LogP contribution in [0.15, 0.2) is 18.3 Å². The van der Waals surface area contributed by atoms with Gasteiger partial charge < -0.3 is 20.2 Å². The van der Waals surface area contributed by atoms with Gasteiger partial charge in [0.15, 0.2) is 0 Å². The number of carboxylic acids is 1. The fraction of sp³-hybridized carbons (Fsp3) is 0.524. The molecule has 2 aliphatic rings. The van der Waals surface area contributed by atoms with Gasteiger partial charge in [-0.3, -0.25) is 4.79 Å². The van der Waals surface area contributed by atoms with E-state index < -0.39 is 12.0 Å². The van der Waals surface area contributed by atoms with Crippen molar-refractivity contribution in [3.63, 3.8) is 0 Å². The van der Waals surface area contributed by atoms with Crippen LogP contribution in [0.5, 0.6) is 0 Å². The molecular formula is C21H25N5O3. The van der Waals surface area contributed by atoms with Crippen molar-refractivity contribution in [2.24, 2.45) is 0 Å². The summed E-state index contributed by atoms with van der Waals surface area (Å²) in [5.74, 6) is 2.15. The van der Waals surface area contributed by atoms with Crippen LogP contribution in [0.1, 0.15) is 43.0 Å². The molecule has 2 fully saturated rings. The van der Waals surface area contributed by atoms with Gasteiger partial charge in [0.05, 0.1) is 24.2 Å². The third-order valence-electron chi connectivity index (χ3n) is 5.86. The average Bonchev–Trinajstić information content (AvgIpc) is 3.16. The Kier molecular flexibility index (Phi) is 6.05. The first-order chi connectivity index (χ1) is 13.9. The van der Waals surface area contributed by atoms with E-state index in [4.69, 9.17) is 11.5 Å². The summed E-state index contributed by atoms with van der Waals surface area (Å²) in [5, 5.41) is 21.8. The molecule has 0 saturated carbocycles. The molecule has 8 nitrogen and oxygen atoms in total. The van der Waals surface area contributed by atoms with E-state index in [0.717, 1.165) is 12.8 Å². The summed E-state index contributed by atoms with van der Waals surface area (Å²) in [5.41, 5.74) is -0.0165. The van der Waals surface area contributed by atoms with Gasteiger partial charge in [0, 0.05) is 24.8 Å². The van der Waals surface area contributed by atoms with Crippen LogP contribution in [-0.2, 0) is 4.79 Å². The molecule has 0 bridgehead atoms. The molecule has 0 radical (unpaired) electrons. The Morgan fingerprint density at radius 2 is 2.07 bits per heavy atom. The molecule has 1 unspecified atom stereocenters. The number of nitrogens with one attached hydrogen (secondary N) is 1. The Bertz CT molecular complexity index is 842. The number of aromatic carboxylic acids is 1. The average molecular weight is 395 g/mol. The predicted molar refractivity (Wildman–Crippen MR) is 107 cm³/mol. The zero-order valence-corrected chi connectivity index (χ0v) is 16.5. The van der Waals surface area contributed by atoms with Crippen LogP contribution in [0, 0.1) is 23.7 Å². The van der Waals surface area contributed by atoms with Gasteiger partial charge in [-0.1, -0.05) is 5.92 Å². The Morgan fingerprint density at radius 1 is 1.38 bits per heavy atom. The van der Waals surface area contributed by atoms with E-state index in [1.807, 2.05) is 0 Å². The van der Waals surface area contributed by atoms with E-state index in [1.165, 1.54) is 17.2 Å².